The molecule has 29 heavy (non-hydrogen) atoms. The highest BCUT2D eigenvalue weighted by Gasteiger charge is 2.30. The molecule has 0 amide bonds. The van der Waals surface area contributed by atoms with Gasteiger partial charge in [-0.1, -0.05) is 110 Å². The molecule has 0 heterocycles. The minimum atomic E-state index is 0.504. The first-order chi connectivity index (χ1) is 14.2. The molecule has 0 aromatic heterocycles. The smallest absolute Gasteiger partial charge is 0.00489 e. The summed E-state index contributed by atoms with van der Waals surface area (Å²) < 4.78 is 0. The molecule has 0 saturated carbocycles. The van der Waals surface area contributed by atoms with Gasteiger partial charge in [0.05, 0.1) is 0 Å². The zero-order chi connectivity index (χ0) is 19.8. The Kier molecular flexibility index (Phi) is 4.56. The maximum Gasteiger partial charge on any atom is -0.00489 e. The van der Waals surface area contributed by atoms with E-state index >= 15 is 0 Å². The van der Waals surface area contributed by atoms with Crippen LogP contribution >= 0.6 is 0 Å². The molecule has 0 nitrogen and oxygen atoms in total. The summed E-state index contributed by atoms with van der Waals surface area (Å²) in [4.78, 5) is 0. The topological polar surface area (TPSA) is 0 Å². The van der Waals surface area contributed by atoms with Crippen LogP contribution < -0.4 is 0 Å². The molecule has 2 atom stereocenters. The van der Waals surface area contributed by atoms with Crippen LogP contribution in [0, 0.1) is 6.92 Å². The van der Waals surface area contributed by atoms with Gasteiger partial charge in [0.15, 0.2) is 0 Å². The first kappa shape index (κ1) is 17.9. The molecule has 0 saturated heterocycles. The van der Waals surface area contributed by atoms with Crippen molar-refractivity contribution >= 4 is 0 Å². The van der Waals surface area contributed by atoms with Crippen LogP contribution in [-0.4, -0.2) is 0 Å². The van der Waals surface area contributed by atoms with Gasteiger partial charge in [-0.05, 0) is 64.1 Å². The molecule has 0 bridgehead atoms. The highest BCUT2D eigenvalue weighted by Crippen LogP contribution is 2.48. The van der Waals surface area contributed by atoms with Crippen molar-refractivity contribution in [1.82, 2.24) is 0 Å². The Morgan fingerprint density at radius 3 is 2.10 bits per heavy atom. The molecule has 1 aliphatic rings. The van der Waals surface area contributed by atoms with Gasteiger partial charge in [-0.2, -0.15) is 0 Å². The van der Waals surface area contributed by atoms with Crippen molar-refractivity contribution in [1.29, 1.82) is 0 Å². The van der Waals surface area contributed by atoms with Gasteiger partial charge in [0.2, 0.25) is 0 Å². The van der Waals surface area contributed by atoms with E-state index in [9.17, 15) is 0 Å². The summed E-state index contributed by atoms with van der Waals surface area (Å²) in [6.07, 6.45) is 1.07. The van der Waals surface area contributed by atoms with Gasteiger partial charge in [-0.3, -0.25) is 0 Å². The summed E-state index contributed by atoms with van der Waals surface area (Å²) in [7, 11) is 0. The molecule has 5 rings (SSSR count). The maximum absolute atomic E-state index is 2.40. The van der Waals surface area contributed by atoms with Crippen LogP contribution in [0.4, 0.5) is 0 Å². The molecule has 0 aliphatic heterocycles. The molecule has 0 heteroatoms. The normalized spacial score (nSPS) is 17.4. The second-order valence-electron chi connectivity index (χ2n) is 8.34. The average molecular weight is 375 g/mol. The highest BCUT2D eigenvalue weighted by molar-refractivity contribution is 5.76. The highest BCUT2D eigenvalue weighted by atomic mass is 14.3. The van der Waals surface area contributed by atoms with E-state index in [1.807, 2.05) is 0 Å². The molecular formula is C29H26. The van der Waals surface area contributed by atoms with Crippen molar-refractivity contribution in [2.24, 2.45) is 0 Å². The van der Waals surface area contributed by atoms with Crippen LogP contribution in [0.3, 0.4) is 0 Å². The Morgan fingerprint density at radius 1 is 0.621 bits per heavy atom. The van der Waals surface area contributed by atoms with E-state index in [0.29, 0.717) is 11.8 Å². The van der Waals surface area contributed by atoms with Crippen molar-refractivity contribution in [2.75, 3.05) is 0 Å². The Morgan fingerprint density at radius 2 is 1.31 bits per heavy atom. The van der Waals surface area contributed by atoms with Crippen molar-refractivity contribution in [3.8, 4) is 22.3 Å². The SMILES string of the molecule is Cc1ccc2c(c1)-c1ccccc1C(Cc1ccc(-c3ccccc3)cc1)C2C. The van der Waals surface area contributed by atoms with Crippen LogP contribution in [-0.2, 0) is 6.42 Å². The summed E-state index contributed by atoms with van der Waals surface area (Å²) >= 11 is 0. The summed E-state index contributed by atoms with van der Waals surface area (Å²) in [5.74, 6) is 1.01. The van der Waals surface area contributed by atoms with Crippen molar-refractivity contribution in [3.63, 3.8) is 0 Å². The molecule has 0 N–H and O–H groups in total. The summed E-state index contributed by atoms with van der Waals surface area (Å²) in [5.41, 5.74) is 11.1. The summed E-state index contributed by atoms with van der Waals surface area (Å²) in [5, 5.41) is 0. The Hall–Kier alpha value is -3.12. The number of hydrogen-bond donors (Lipinski definition) is 0. The van der Waals surface area contributed by atoms with E-state index in [2.05, 4.69) is 111 Å². The van der Waals surface area contributed by atoms with E-state index in [4.69, 9.17) is 0 Å². The van der Waals surface area contributed by atoms with E-state index in [1.54, 1.807) is 0 Å². The van der Waals surface area contributed by atoms with Gasteiger partial charge in [-0.25, -0.2) is 0 Å². The first-order valence-electron chi connectivity index (χ1n) is 10.5. The van der Waals surface area contributed by atoms with E-state index < -0.39 is 0 Å². The van der Waals surface area contributed by atoms with Gasteiger partial charge in [0.1, 0.15) is 0 Å². The van der Waals surface area contributed by atoms with Crippen LogP contribution in [0.1, 0.15) is 41.0 Å². The molecule has 4 aromatic rings. The number of aryl methyl sites for hydroxylation is 1. The fourth-order valence-corrected chi connectivity index (χ4v) is 4.86. The zero-order valence-corrected chi connectivity index (χ0v) is 17.1. The zero-order valence-electron chi connectivity index (χ0n) is 17.1. The van der Waals surface area contributed by atoms with Crippen LogP contribution in [0.25, 0.3) is 22.3 Å². The lowest BCUT2D eigenvalue weighted by Gasteiger charge is -2.34. The van der Waals surface area contributed by atoms with E-state index in [1.165, 1.54) is 44.5 Å². The fourth-order valence-electron chi connectivity index (χ4n) is 4.86. The average Bonchev–Trinajstić information content (AvgIpc) is 2.77. The lowest BCUT2D eigenvalue weighted by atomic mass is 9.70. The number of benzene rings is 4. The lowest BCUT2D eigenvalue weighted by Crippen LogP contribution is -2.18. The largest absolute Gasteiger partial charge is 0.0622 e. The van der Waals surface area contributed by atoms with E-state index in [-0.39, 0.29) is 0 Å². The Balaban J connectivity index is 1.49. The third-order valence-corrected chi connectivity index (χ3v) is 6.47. The molecule has 0 fully saturated rings. The second kappa shape index (κ2) is 7.37. The third-order valence-electron chi connectivity index (χ3n) is 6.47. The molecule has 0 spiro atoms. The molecule has 142 valence electrons. The van der Waals surface area contributed by atoms with Gasteiger partial charge in [0, 0.05) is 0 Å². The predicted molar refractivity (Wildman–Crippen MR) is 123 cm³/mol. The van der Waals surface area contributed by atoms with Crippen molar-refractivity contribution < 1.29 is 0 Å². The van der Waals surface area contributed by atoms with Crippen molar-refractivity contribution in [3.05, 3.63) is 119 Å². The molecule has 1 aliphatic carbocycles. The van der Waals surface area contributed by atoms with Crippen LogP contribution in [0.5, 0.6) is 0 Å². The Bertz CT molecular complexity index is 1140. The number of fused-ring (bicyclic) bond motifs is 3. The standard InChI is InChI=1S/C29H26/c1-20-12-17-25-21(2)28(26-10-6-7-11-27(26)29(25)18-20)19-22-13-15-24(16-14-22)23-8-4-3-5-9-23/h3-18,21,28H,19H2,1-2H3. The molecule has 4 aromatic carbocycles. The molecular weight excluding hydrogens is 348 g/mol. The maximum atomic E-state index is 2.40. The van der Waals surface area contributed by atoms with Crippen LogP contribution in [0.15, 0.2) is 97.1 Å². The predicted octanol–water partition coefficient (Wildman–Crippen LogP) is 7.77. The van der Waals surface area contributed by atoms with Crippen LogP contribution in [0.2, 0.25) is 0 Å². The summed E-state index contributed by atoms with van der Waals surface area (Å²) in [6.45, 7) is 4.58. The Labute approximate surface area is 173 Å². The van der Waals surface area contributed by atoms with Gasteiger partial charge in [0.25, 0.3) is 0 Å². The summed E-state index contributed by atoms with van der Waals surface area (Å²) in [6, 6.07) is 35.7. The minimum Gasteiger partial charge on any atom is -0.0622 e. The van der Waals surface area contributed by atoms with E-state index in [0.717, 1.165) is 6.42 Å². The van der Waals surface area contributed by atoms with Crippen molar-refractivity contribution in [2.45, 2.75) is 32.1 Å². The first-order valence-corrected chi connectivity index (χ1v) is 10.5. The fraction of sp³-hybridized carbons (Fsp3) is 0.172. The molecule has 2 unspecified atom stereocenters. The second-order valence-corrected chi connectivity index (χ2v) is 8.34. The monoisotopic (exact) mass is 374 g/mol. The van der Waals surface area contributed by atoms with Gasteiger partial charge < -0.3 is 0 Å². The molecule has 0 radical (unpaired) electrons. The lowest BCUT2D eigenvalue weighted by molar-refractivity contribution is 0.566. The number of hydrogen-bond acceptors (Lipinski definition) is 0. The van der Waals surface area contributed by atoms with Gasteiger partial charge >= 0.3 is 0 Å². The van der Waals surface area contributed by atoms with Gasteiger partial charge in [-0.15, -0.1) is 0 Å². The number of rotatable bonds is 3. The third kappa shape index (κ3) is 3.29. The minimum absolute atomic E-state index is 0.504. The quantitative estimate of drug-likeness (QED) is 0.343.